The highest BCUT2D eigenvalue weighted by molar-refractivity contribution is 7.10. The van der Waals surface area contributed by atoms with Crippen LogP contribution in [-0.4, -0.2) is 10.9 Å². The molecule has 0 radical (unpaired) electrons. The van der Waals surface area contributed by atoms with Gasteiger partial charge >= 0.3 is 0 Å². The molecular formula is C17H14N2OS. The van der Waals surface area contributed by atoms with Crippen molar-refractivity contribution >= 4 is 22.9 Å². The van der Waals surface area contributed by atoms with Crippen LogP contribution >= 0.6 is 11.3 Å². The Balaban J connectivity index is 1.66. The number of rotatable bonds is 4. The number of anilines is 1. The Hall–Kier alpha value is -2.46. The molecule has 1 amide bonds. The minimum atomic E-state index is -0.0461. The number of hydrogen-bond donors (Lipinski definition) is 1. The van der Waals surface area contributed by atoms with Gasteiger partial charge in [0, 0.05) is 16.6 Å². The summed E-state index contributed by atoms with van der Waals surface area (Å²) in [6.07, 6.45) is 0.298. The van der Waals surface area contributed by atoms with Crippen molar-refractivity contribution in [1.82, 2.24) is 4.98 Å². The summed E-state index contributed by atoms with van der Waals surface area (Å²) in [6.45, 7) is 0. The first-order chi connectivity index (χ1) is 10.3. The monoisotopic (exact) mass is 294 g/mol. The number of carbonyl (C=O) groups excluding carboxylic acids is 1. The van der Waals surface area contributed by atoms with E-state index in [9.17, 15) is 4.79 Å². The molecule has 104 valence electrons. The summed E-state index contributed by atoms with van der Waals surface area (Å²) in [5.41, 5.74) is 2.80. The van der Waals surface area contributed by atoms with E-state index < -0.39 is 0 Å². The third-order valence-corrected chi connectivity index (χ3v) is 3.84. The number of thiazole rings is 1. The number of nitrogens with zero attached hydrogens (tertiary/aromatic N) is 1. The topological polar surface area (TPSA) is 42.0 Å². The average Bonchev–Trinajstić information content (AvgIpc) is 2.97. The molecule has 0 spiro atoms. The van der Waals surface area contributed by atoms with Gasteiger partial charge in [-0.05, 0) is 12.1 Å². The summed E-state index contributed by atoms with van der Waals surface area (Å²) >= 11 is 1.51. The van der Waals surface area contributed by atoms with Crippen LogP contribution in [0.1, 0.15) is 5.01 Å². The van der Waals surface area contributed by atoms with Gasteiger partial charge in [-0.15, -0.1) is 11.3 Å². The summed E-state index contributed by atoms with van der Waals surface area (Å²) in [6, 6.07) is 19.4. The molecule has 0 saturated carbocycles. The Kier molecular flexibility index (Phi) is 4.07. The molecule has 0 saturated heterocycles. The molecule has 3 aromatic rings. The molecule has 0 bridgehead atoms. The molecule has 1 heterocycles. The van der Waals surface area contributed by atoms with Gasteiger partial charge in [0.1, 0.15) is 5.01 Å². The largest absolute Gasteiger partial charge is 0.326 e. The van der Waals surface area contributed by atoms with E-state index in [0.29, 0.717) is 6.42 Å². The first-order valence-corrected chi connectivity index (χ1v) is 7.54. The summed E-state index contributed by atoms with van der Waals surface area (Å²) < 4.78 is 0. The maximum absolute atomic E-state index is 12.0. The van der Waals surface area contributed by atoms with Crippen LogP contribution in [-0.2, 0) is 11.2 Å². The minimum Gasteiger partial charge on any atom is -0.326 e. The molecule has 3 nitrogen and oxygen atoms in total. The first-order valence-electron chi connectivity index (χ1n) is 6.66. The molecule has 1 N–H and O–H groups in total. The number of nitrogens with one attached hydrogen (secondary N) is 1. The zero-order valence-corrected chi connectivity index (χ0v) is 12.1. The fourth-order valence-corrected chi connectivity index (χ4v) is 2.80. The normalized spacial score (nSPS) is 10.3. The third-order valence-electron chi connectivity index (χ3n) is 2.99. The molecule has 0 unspecified atom stereocenters. The fourth-order valence-electron chi connectivity index (χ4n) is 2.00. The lowest BCUT2D eigenvalue weighted by atomic mass is 10.2. The van der Waals surface area contributed by atoms with Gasteiger partial charge in [0.05, 0.1) is 12.1 Å². The van der Waals surface area contributed by atoms with Crippen molar-refractivity contribution < 1.29 is 4.79 Å². The van der Waals surface area contributed by atoms with Gasteiger partial charge in [0.2, 0.25) is 5.91 Å². The summed E-state index contributed by atoms with van der Waals surface area (Å²) in [7, 11) is 0. The van der Waals surface area contributed by atoms with E-state index in [0.717, 1.165) is 22.0 Å². The highest BCUT2D eigenvalue weighted by Gasteiger charge is 2.09. The van der Waals surface area contributed by atoms with Crippen LogP contribution in [0.25, 0.3) is 11.3 Å². The number of para-hydroxylation sites is 1. The molecule has 21 heavy (non-hydrogen) atoms. The Labute approximate surface area is 127 Å². The summed E-state index contributed by atoms with van der Waals surface area (Å²) in [4.78, 5) is 16.5. The van der Waals surface area contributed by atoms with Crippen LogP contribution in [0.5, 0.6) is 0 Å². The molecule has 1 aromatic heterocycles. The van der Waals surface area contributed by atoms with Crippen LogP contribution in [0.15, 0.2) is 66.0 Å². The SMILES string of the molecule is O=C(Cc1nc(-c2ccccc2)cs1)Nc1ccccc1. The van der Waals surface area contributed by atoms with Crippen molar-refractivity contribution in [3.8, 4) is 11.3 Å². The predicted molar refractivity (Wildman–Crippen MR) is 86.3 cm³/mol. The van der Waals surface area contributed by atoms with Gasteiger partial charge in [-0.2, -0.15) is 0 Å². The van der Waals surface area contributed by atoms with Crippen LogP contribution in [0.4, 0.5) is 5.69 Å². The molecule has 0 atom stereocenters. The maximum Gasteiger partial charge on any atom is 0.231 e. The van der Waals surface area contributed by atoms with Crippen molar-refractivity contribution in [1.29, 1.82) is 0 Å². The van der Waals surface area contributed by atoms with E-state index >= 15 is 0 Å². The molecule has 3 rings (SSSR count). The zero-order valence-electron chi connectivity index (χ0n) is 11.3. The van der Waals surface area contributed by atoms with E-state index in [1.54, 1.807) is 0 Å². The van der Waals surface area contributed by atoms with Crippen molar-refractivity contribution in [3.05, 3.63) is 71.1 Å². The van der Waals surface area contributed by atoms with Crippen molar-refractivity contribution in [3.63, 3.8) is 0 Å². The van der Waals surface area contributed by atoms with Crippen LogP contribution < -0.4 is 5.32 Å². The van der Waals surface area contributed by atoms with Crippen molar-refractivity contribution in [2.75, 3.05) is 5.32 Å². The molecule has 2 aromatic carbocycles. The Bertz CT molecular complexity index is 723. The molecule has 0 aliphatic rings. The number of aromatic nitrogens is 1. The third kappa shape index (κ3) is 3.55. The standard InChI is InChI=1S/C17H14N2OS/c20-16(18-14-9-5-2-6-10-14)11-17-19-15(12-21-17)13-7-3-1-4-8-13/h1-10,12H,11H2,(H,18,20). The number of carbonyl (C=O) groups is 1. The lowest BCUT2D eigenvalue weighted by molar-refractivity contribution is -0.115. The van der Waals surface area contributed by atoms with Crippen molar-refractivity contribution in [2.45, 2.75) is 6.42 Å². The number of benzene rings is 2. The zero-order chi connectivity index (χ0) is 14.5. The number of amides is 1. The smallest absolute Gasteiger partial charge is 0.231 e. The Morgan fingerprint density at radius 2 is 1.67 bits per heavy atom. The predicted octanol–water partition coefficient (Wildman–Crippen LogP) is 3.99. The average molecular weight is 294 g/mol. The highest BCUT2D eigenvalue weighted by atomic mass is 32.1. The Morgan fingerprint density at radius 3 is 2.38 bits per heavy atom. The highest BCUT2D eigenvalue weighted by Crippen LogP contribution is 2.22. The van der Waals surface area contributed by atoms with E-state index in [1.165, 1.54) is 11.3 Å². The van der Waals surface area contributed by atoms with Gasteiger partial charge in [-0.3, -0.25) is 4.79 Å². The second kappa shape index (κ2) is 6.33. The Morgan fingerprint density at radius 1 is 1.00 bits per heavy atom. The second-order valence-electron chi connectivity index (χ2n) is 4.58. The number of hydrogen-bond acceptors (Lipinski definition) is 3. The van der Waals surface area contributed by atoms with Gasteiger partial charge in [0.25, 0.3) is 0 Å². The van der Waals surface area contributed by atoms with Gasteiger partial charge in [-0.1, -0.05) is 48.5 Å². The van der Waals surface area contributed by atoms with Gasteiger partial charge < -0.3 is 5.32 Å². The van der Waals surface area contributed by atoms with E-state index in [4.69, 9.17) is 0 Å². The second-order valence-corrected chi connectivity index (χ2v) is 5.53. The van der Waals surface area contributed by atoms with E-state index in [1.807, 2.05) is 66.0 Å². The van der Waals surface area contributed by atoms with Crippen LogP contribution in [0.2, 0.25) is 0 Å². The van der Waals surface area contributed by atoms with Gasteiger partial charge in [-0.25, -0.2) is 4.98 Å². The lowest BCUT2D eigenvalue weighted by Gasteiger charge is -2.02. The summed E-state index contributed by atoms with van der Waals surface area (Å²) in [5, 5.41) is 5.68. The van der Waals surface area contributed by atoms with Crippen LogP contribution in [0, 0.1) is 0 Å². The van der Waals surface area contributed by atoms with E-state index in [2.05, 4.69) is 10.3 Å². The van der Waals surface area contributed by atoms with E-state index in [-0.39, 0.29) is 5.91 Å². The molecule has 4 heteroatoms. The quantitative estimate of drug-likeness (QED) is 0.790. The lowest BCUT2D eigenvalue weighted by Crippen LogP contribution is -2.14. The summed E-state index contributed by atoms with van der Waals surface area (Å²) in [5.74, 6) is -0.0461. The molecule has 0 fully saturated rings. The van der Waals surface area contributed by atoms with Crippen LogP contribution in [0.3, 0.4) is 0 Å². The molecule has 0 aliphatic heterocycles. The first kappa shape index (κ1) is 13.5. The fraction of sp³-hybridized carbons (Fsp3) is 0.0588. The minimum absolute atomic E-state index is 0.0461. The van der Waals surface area contributed by atoms with Crippen molar-refractivity contribution in [2.24, 2.45) is 0 Å². The molecule has 0 aliphatic carbocycles. The van der Waals surface area contributed by atoms with Gasteiger partial charge in [0.15, 0.2) is 0 Å². The molecular weight excluding hydrogens is 280 g/mol. The maximum atomic E-state index is 12.0.